The van der Waals surface area contributed by atoms with Crippen LogP contribution < -0.4 is 10.1 Å². The summed E-state index contributed by atoms with van der Waals surface area (Å²) in [6.07, 6.45) is -0.801. The van der Waals surface area contributed by atoms with Gasteiger partial charge >= 0.3 is 6.09 Å². The molecule has 108 valence electrons. The van der Waals surface area contributed by atoms with Crippen molar-refractivity contribution >= 4 is 22.8 Å². The first-order valence-corrected chi connectivity index (χ1v) is 6.80. The van der Waals surface area contributed by atoms with E-state index in [0.717, 1.165) is 10.8 Å². The fourth-order valence-corrected chi connectivity index (χ4v) is 2.16. The zero-order valence-electron chi connectivity index (χ0n) is 11.7. The van der Waals surface area contributed by atoms with E-state index in [4.69, 9.17) is 4.74 Å². The van der Waals surface area contributed by atoms with Crippen molar-refractivity contribution in [2.75, 3.05) is 0 Å². The van der Waals surface area contributed by atoms with Crippen LogP contribution in [0.2, 0.25) is 0 Å². The summed E-state index contributed by atoms with van der Waals surface area (Å²) in [5, 5.41) is 3.98. The first-order valence-electron chi connectivity index (χ1n) is 6.80. The zero-order chi connectivity index (χ0) is 15.4. The first-order chi connectivity index (χ1) is 10.7. The lowest BCUT2D eigenvalue weighted by molar-refractivity contribution is 0.0951. The second-order valence-electron chi connectivity index (χ2n) is 4.69. The van der Waals surface area contributed by atoms with Gasteiger partial charge < -0.3 is 4.74 Å². The summed E-state index contributed by atoms with van der Waals surface area (Å²) >= 11 is 0. The third-order valence-electron chi connectivity index (χ3n) is 3.20. The van der Waals surface area contributed by atoms with Gasteiger partial charge in [-0.1, -0.05) is 54.6 Å². The van der Waals surface area contributed by atoms with E-state index in [9.17, 15) is 9.59 Å². The van der Waals surface area contributed by atoms with E-state index < -0.39 is 12.0 Å². The fraction of sp³-hybridized carbons (Fsp3) is 0. The van der Waals surface area contributed by atoms with E-state index in [1.807, 2.05) is 30.3 Å². The smallest absolute Gasteiger partial charge is 0.409 e. The third-order valence-corrected chi connectivity index (χ3v) is 3.20. The molecule has 0 fully saturated rings. The average Bonchev–Trinajstić information content (AvgIpc) is 2.56. The summed E-state index contributed by atoms with van der Waals surface area (Å²) < 4.78 is 5.25. The Hall–Kier alpha value is -3.14. The number of benzene rings is 3. The van der Waals surface area contributed by atoms with E-state index in [0.29, 0.717) is 11.3 Å². The number of carbonyl (C=O) groups excluding carboxylic acids is 2. The molecule has 0 atom stereocenters. The lowest BCUT2D eigenvalue weighted by Gasteiger charge is -2.08. The molecule has 0 spiro atoms. The average molecular weight is 291 g/mol. The maximum Gasteiger partial charge on any atom is 0.419 e. The van der Waals surface area contributed by atoms with Gasteiger partial charge in [0.1, 0.15) is 5.75 Å². The number of amides is 2. The molecule has 0 saturated heterocycles. The topological polar surface area (TPSA) is 55.4 Å². The molecular formula is C18H13NO3. The summed E-state index contributed by atoms with van der Waals surface area (Å²) in [5.41, 5.74) is 0.400. The van der Waals surface area contributed by atoms with Gasteiger partial charge in [0.2, 0.25) is 0 Å². The van der Waals surface area contributed by atoms with Gasteiger partial charge in [-0.15, -0.1) is 0 Å². The second-order valence-corrected chi connectivity index (χ2v) is 4.69. The standard InChI is InChI=1S/C18H13NO3/c20-17(14-8-2-1-3-9-14)19-18(21)22-16-12-6-10-13-7-4-5-11-15(13)16/h1-12H,(H,19,20,21). The Morgan fingerprint density at radius 1 is 0.773 bits per heavy atom. The minimum absolute atomic E-state index is 0.400. The fourth-order valence-electron chi connectivity index (χ4n) is 2.16. The van der Waals surface area contributed by atoms with Crippen LogP contribution in [0, 0.1) is 0 Å². The van der Waals surface area contributed by atoms with E-state index in [1.165, 1.54) is 0 Å². The SMILES string of the molecule is O=C(NC(=O)c1ccccc1)Oc1cccc2ccccc12. The number of fused-ring (bicyclic) bond motifs is 1. The Bertz CT molecular complexity index is 823. The van der Waals surface area contributed by atoms with E-state index in [2.05, 4.69) is 5.32 Å². The van der Waals surface area contributed by atoms with Crippen LogP contribution >= 0.6 is 0 Å². The van der Waals surface area contributed by atoms with Gasteiger partial charge in [0.25, 0.3) is 5.91 Å². The Labute approximate surface area is 127 Å². The van der Waals surface area contributed by atoms with Crippen LogP contribution in [0.5, 0.6) is 5.75 Å². The van der Waals surface area contributed by atoms with Crippen molar-refractivity contribution < 1.29 is 14.3 Å². The van der Waals surface area contributed by atoms with Crippen molar-refractivity contribution in [3.8, 4) is 5.75 Å². The van der Waals surface area contributed by atoms with Gasteiger partial charge in [-0.2, -0.15) is 0 Å². The Morgan fingerprint density at radius 2 is 1.45 bits per heavy atom. The molecule has 4 heteroatoms. The molecular weight excluding hydrogens is 278 g/mol. The Balaban J connectivity index is 1.75. The van der Waals surface area contributed by atoms with Crippen molar-refractivity contribution in [3.05, 3.63) is 78.4 Å². The van der Waals surface area contributed by atoms with Crippen LogP contribution in [-0.2, 0) is 0 Å². The van der Waals surface area contributed by atoms with Gasteiger partial charge in [0, 0.05) is 10.9 Å². The van der Waals surface area contributed by atoms with E-state index in [-0.39, 0.29) is 0 Å². The monoisotopic (exact) mass is 291 g/mol. The molecule has 0 heterocycles. The predicted molar refractivity (Wildman–Crippen MR) is 83.9 cm³/mol. The minimum Gasteiger partial charge on any atom is -0.409 e. The number of imide groups is 1. The van der Waals surface area contributed by atoms with E-state index >= 15 is 0 Å². The normalized spacial score (nSPS) is 10.2. The molecule has 3 aromatic rings. The summed E-state index contributed by atoms with van der Waals surface area (Å²) in [7, 11) is 0. The molecule has 0 aliphatic heterocycles. The lowest BCUT2D eigenvalue weighted by Crippen LogP contribution is -2.32. The number of hydrogen-bond acceptors (Lipinski definition) is 3. The molecule has 22 heavy (non-hydrogen) atoms. The van der Waals surface area contributed by atoms with Crippen molar-refractivity contribution in [1.82, 2.24) is 5.32 Å². The van der Waals surface area contributed by atoms with Crippen molar-refractivity contribution in [2.45, 2.75) is 0 Å². The summed E-state index contributed by atoms with van der Waals surface area (Å²) in [6, 6.07) is 21.5. The van der Waals surface area contributed by atoms with Crippen LogP contribution in [0.3, 0.4) is 0 Å². The molecule has 4 nitrogen and oxygen atoms in total. The molecule has 2 amide bonds. The zero-order valence-corrected chi connectivity index (χ0v) is 11.7. The molecule has 3 aromatic carbocycles. The van der Waals surface area contributed by atoms with Gasteiger partial charge in [-0.25, -0.2) is 4.79 Å². The predicted octanol–water partition coefficient (Wildman–Crippen LogP) is 3.77. The highest BCUT2D eigenvalue weighted by Crippen LogP contribution is 2.25. The lowest BCUT2D eigenvalue weighted by atomic mass is 10.1. The first kappa shape index (κ1) is 13.8. The van der Waals surface area contributed by atoms with Gasteiger partial charge in [0.15, 0.2) is 0 Å². The molecule has 0 unspecified atom stereocenters. The number of hydrogen-bond donors (Lipinski definition) is 1. The van der Waals surface area contributed by atoms with Crippen molar-refractivity contribution in [1.29, 1.82) is 0 Å². The number of nitrogens with one attached hydrogen (secondary N) is 1. The summed E-state index contributed by atoms with van der Waals surface area (Å²) in [6.45, 7) is 0. The maximum absolute atomic E-state index is 11.9. The third kappa shape index (κ3) is 2.96. The van der Waals surface area contributed by atoms with Crippen LogP contribution in [0.25, 0.3) is 10.8 Å². The van der Waals surface area contributed by atoms with Gasteiger partial charge in [0.05, 0.1) is 0 Å². The molecule has 0 saturated carbocycles. The minimum atomic E-state index is -0.801. The second kappa shape index (κ2) is 6.10. The van der Waals surface area contributed by atoms with Gasteiger partial charge in [-0.3, -0.25) is 10.1 Å². The number of ether oxygens (including phenoxy) is 1. The molecule has 0 bridgehead atoms. The van der Waals surface area contributed by atoms with Crippen LogP contribution in [0.15, 0.2) is 72.8 Å². The summed E-state index contributed by atoms with van der Waals surface area (Å²) in [5.74, 6) is -0.0812. The maximum atomic E-state index is 11.9. The molecule has 0 radical (unpaired) electrons. The highest BCUT2D eigenvalue weighted by Gasteiger charge is 2.12. The molecule has 0 aliphatic carbocycles. The largest absolute Gasteiger partial charge is 0.419 e. The van der Waals surface area contributed by atoms with Gasteiger partial charge in [-0.05, 0) is 23.6 Å². The number of carbonyl (C=O) groups is 2. The van der Waals surface area contributed by atoms with Crippen molar-refractivity contribution in [2.24, 2.45) is 0 Å². The number of rotatable bonds is 2. The molecule has 1 N–H and O–H groups in total. The van der Waals surface area contributed by atoms with E-state index in [1.54, 1.807) is 42.5 Å². The Kier molecular flexibility index (Phi) is 3.83. The van der Waals surface area contributed by atoms with Crippen molar-refractivity contribution in [3.63, 3.8) is 0 Å². The van der Waals surface area contributed by atoms with Crippen LogP contribution in [0.1, 0.15) is 10.4 Å². The Morgan fingerprint density at radius 3 is 2.27 bits per heavy atom. The highest BCUT2D eigenvalue weighted by molar-refractivity contribution is 6.03. The molecule has 0 aliphatic rings. The van der Waals surface area contributed by atoms with Crippen LogP contribution in [-0.4, -0.2) is 12.0 Å². The molecule has 3 rings (SSSR count). The highest BCUT2D eigenvalue weighted by atomic mass is 16.6. The quantitative estimate of drug-likeness (QED) is 0.782. The molecule has 0 aromatic heterocycles. The van der Waals surface area contributed by atoms with Crippen LogP contribution in [0.4, 0.5) is 4.79 Å². The summed E-state index contributed by atoms with van der Waals surface area (Å²) in [4.78, 5) is 23.8.